The van der Waals surface area contributed by atoms with Crippen molar-refractivity contribution < 1.29 is 9.47 Å². The quantitative estimate of drug-likeness (QED) is 0.733. The number of hydrogen-bond donors (Lipinski definition) is 1. The maximum absolute atomic E-state index is 5.68. The van der Waals surface area contributed by atoms with Crippen LogP contribution in [0.1, 0.15) is 33.6 Å². The molecule has 0 amide bonds. The Morgan fingerprint density at radius 3 is 2.87 bits per heavy atom. The molecular weight excluding hydrogens is 190 g/mol. The summed E-state index contributed by atoms with van der Waals surface area (Å²) in [6, 6.07) is 0.204. The normalized spacial score (nSPS) is 20.3. The van der Waals surface area contributed by atoms with Crippen molar-refractivity contribution in [2.45, 2.75) is 45.8 Å². The van der Waals surface area contributed by atoms with E-state index in [9.17, 15) is 0 Å². The minimum absolute atomic E-state index is 0.166. The van der Waals surface area contributed by atoms with Gasteiger partial charge in [0.2, 0.25) is 0 Å². The first-order valence-electron chi connectivity index (χ1n) is 5.97. The Kier molecular flexibility index (Phi) is 5.73. The summed E-state index contributed by atoms with van der Waals surface area (Å²) < 4.78 is 11.3. The summed E-state index contributed by atoms with van der Waals surface area (Å²) >= 11 is 0. The van der Waals surface area contributed by atoms with Crippen LogP contribution in [0.5, 0.6) is 0 Å². The SMILES string of the molecule is CCNC(C1=CCCCO1)C(C)OCC. The lowest BCUT2D eigenvalue weighted by atomic mass is 10.1. The monoisotopic (exact) mass is 213 g/mol. The number of allylic oxidation sites excluding steroid dienone is 1. The number of likely N-dealkylation sites (N-methyl/N-ethyl adjacent to an activating group) is 1. The van der Waals surface area contributed by atoms with E-state index in [0.717, 1.165) is 38.4 Å². The van der Waals surface area contributed by atoms with E-state index in [1.165, 1.54) is 0 Å². The molecule has 0 aliphatic carbocycles. The minimum Gasteiger partial charge on any atom is -0.496 e. The van der Waals surface area contributed by atoms with E-state index >= 15 is 0 Å². The Labute approximate surface area is 92.8 Å². The van der Waals surface area contributed by atoms with Crippen LogP contribution in [0.4, 0.5) is 0 Å². The topological polar surface area (TPSA) is 30.5 Å². The third kappa shape index (κ3) is 3.84. The van der Waals surface area contributed by atoms with Gasteiger partial charge in [-0.25, -0.2) is 0 Å². The summed E-state index contributed by atoms with van der Waals surface area (Å²) in [5.74, 6) is 1.06. The van der Waals surface area contributed by atoms with E-state index in [-0.39, 0.29) is 12.1 Å². The molecule has 0 saturated carbocycles. The Bertz CT molecular complexity index is 204. The zero-order valence-corrected chi connectivity index (χ0v) is 10.1. The van der Waals surface area contributed by atoms with Crippen molar-refractivity contribution in [3.8, 4) is 0 Å². The van der Waals surface area contributed by atoms with Gasteiger partial charge in [-0.05, 0) is 39.3 Å². The van der Waals surface area contributed by atoms with Crippen molar-refractivity contribution in [2.75, 3.05) is 19.8 Å². The maximum atomic E-state index is 5.68. The molecule has 3 nitrogen and oxygen atoms in total. The van der Waals surface area contributed by atoms with Crippen LogP contribution in [0.15, 0.2) is 11.8 Å². The second-order valence-electron chi connectivity index (χ2n) is 3.79. The molecule has 15 heavy (non-hydrogen) atoms. The summed E-state index contributed by atoms with van der Waals surface area (Å²) in [6.45, 7) is 8.74. The molecule has 0 spiro atoms. The maximum Gasteiger partial charge on any atom is 0.112 e. The van der Waals surface area contributed by atoms with Crippen LogP contribution in [-0.4, -0.2) is 31.9 Å². The van der Waals surface area contributed by atoms with Crippen LogP contribution in [0.3, 0.4) is 0 Å². The molecule has 0 aromatic carbocycles. The van der Waals surface area contributed by atoms with E-state index < -0.39 is 0 Å². The highest BCUT2D eigenvalue weighted by Gasteiger charge is 2.23. The summed E-state index contributed by atoms with van der Waals surface area (Å²) in [5, 5.41) is 3.42. The van der Waals surface area contributed by atoms with Crippen molar-refractivity contribution in [2.24, 2.45) is 0 Å². The highest BCUT2D eigenvalue weighted by atomic mass is 16.5. The third-order valence-corrected chi connectivity index (χ3v) is 2.59. The molecule has 1 rings (SSSR count). The van der Waals surface area contributed by atoms with Gasteiger partial charge in [0.05, 0.1) is 18.8 Å². The molecule has 2 unspecified atom stereocenters. The smallest absolute Gasteiger partial charge is 0.112 e. The largest absolute Gasteiger partial charge is 0.496 e. The third-order valence-electron chi connectivity index (χ3n) is 2.59. The zero-order chi connectivity index (χ0) is 11.1. The molecule has 1 aliphatic heterocycles. The first-order chi connectivity index (χ1) is 7.29. The van der Waals surface area contributed by atoms with Gasteiger partial charge in [-0.2, -0.15) is 0 Å². The van der Waals surface area contributed by atoms with E-state index in [1.807, 2.05) is 6.92 Å². The van der Waals surface area contributed by atoms with E-state index in [2.05, 4.69) is 25.2 Å². The summed E-state index contributed by atoms with van der Waals surface area (Å²) in [5.41, 5.74) is 0. The first-order valence-corrected chi connectivity index (χ1v) is 5.97. The molecule has 1 aliphatic rings. The molecule has 0 radical (unpaired) electrons. The molecule has 3 heteroatoms. The predicted octanol–water partition coefficient (Wildman–Crippen LogP) is 2.08. The summed E-state index contributed by atoms with van der Waals surface area (Å²) in [6.07, 6.45) is 4.60. The Morgan fingerprint density at radius 1 is 1.53 bits per heavy atom. The summed E-state index contributed by atoms with van der Waals surface area (Å²) in [7, 11) is 0. The number of hydrogen-bond acceptors (Lipinski definition) is 3. The van der Waals surface area contributed by atoms with Gasteiger partial charge < -0.3 is 14.8 Å². The molecule has 1 heterocycles. The van der Waals surface area contributed by atoms with Crippen LogP contribution < -0.4 is 5.32 Å². The van der Waals surface area contributed by atoms with Crippen LogP contribution in [0.2, 0.25) is 0 Å². The lowest BCUT2D eigenvalue weighted by Crippen LogP contribution is -2.42. The lowest BCUT2D eigenvalue weighted by molar-refractivity contribution is 0.0349. The molecule has 2 atom stereocenters. The van der Waals surface area contributed by atoms with Gasteiger partial charge in [0.15, 0.2) is 0 Å². The van der Waals surface area contributed by atoms with Crippen molar-refractivity contribution in [1.29, 1.82) is 0 Å². The van der Waals surface area contributed by atoms with Gasteiger partial charge in [0.1, 0.15) is 5.76 Å². The van der Waals surface area contributed by atoms with Gasteiger partial charge in [0.25, 0.3) is 0 Å². The molecule has 0 bridgehead atoms. The average molecular weight is 213 g/mol. The predicted molar refractivity (Wildman–Crippen MR) is 61.8 cm³/mol. The van der Waals surface area contributed by atoms with Crippen molar-refractivity contribution >= 4 is 0 Å². The Balaban J connectivity index is 2.58. The standard InChI is InChI=1S/C12H23NO2/c1-4-13-12(10(3)14-5-2)11-8-6-7-9-15-11/h8,10,12-13H,4-7,9H2,1-3H3. The van der Waals surface area contributed by atoms with Crippen molar-refractivity contribution in [1.82, 2.24) is 5.32 Å². The number of ether oxygens (including phenoxy) is 2. The van der Waals surface area contributed by atoms with Gasteiger partial charge in [0, 0.05) is 6.61 Å². The number of nitrogens with one attached hydrogen (secondary N) is 1. The second kappa shape index (κ2) is 6.85. The zero-order valence-electron chi connectivity index (χ0n) is 10.1. The molecule has 0 aromatic heterocycles. The minimum atomic E-state index is 0.166. The fraction of sp³-hybridized carbons (Fsp3) is 0.833. The lowest BCUT2D eigenvalue weighted by Gasteiger charge is -2.28. The average Bonchev–Trinajstić information content (AvgIpc) is 2.27. The van der Waals surface area contributed by atoms with E-state index in [1.54, 1.807) is 0 Å². The van der Waals surface area contributed by atoms with Gasteiger partial charge in [-0.3, -0.25) is 0 Å². The molecule has 88 valence electrons. The van der Waals surface area contributed by atoms with Gasteiger partial charge in [-0.1, -0.05) is 6.92 Å². The van der Waals surface area contributed by atoms with Crippen molar-refractivity contribution in [3.05, 3.63) is 11.8 Å². The van der Waals surface area contributed by atoms with Crippen LogP contribution in [0.25, 0.3) is 0 Å². The van der Waals surface area contributed by atoms with Gasteiger partial charge in [-0.15, -0.1) is 0 Å². The van der Waals surface area contributed by atoms with E-state index in [4.69, 9.17) is 9.47 Å². The molecule has 0 saturated heterocycles. The van der Waals surface area contributed by atoms with Crippen LogP contribution >= 0.6 is 0 Å². The Morgan fingerprint density at radius 2 is 2.33 bits per heavy atom. The molecule has 0 aromatic rings. The highest BCUT2D eigenvalue weighted by Crippen LogP contribution is 2.17. The second-order valence-corrected chi connectivity index (χ2v) is 3.79. The molecular formula is C12H23NO2. The van der Waals surface area contributed by atoms with Crippen LogP contribution in [-0.2, 0) is 9.47 Å². The fourth-order valence-electron chi connectivity index (χ4n) is 1.87. The summed E-state index contributed by atoms with van der Waals surface area (Å²) in [4.78, 5) is 0. The first kappa shape index (κ1) is 12.5. The van der Waals surface area contributed by atoms with Crippen LogP contribution in [0, 0.1) is 0 Å². The fourth-order valence-corrected chi connectivity index (χ4v) is 1.87. The Hall–Kier alpha value is -0.540. The molecule has 0 fully saturated rings. The highest BCUT2D eigenvalue weighted by molar-refractivity contribution is 5.07. The number of rotatable bonds is 6. The van der Waals surface area contributed by atoms with Crippen molar-refractivity contribution in [3.63, 3.8) is 0 Å². The van der Waals surface area contributed by atoms with Gasteiger partial charge >= 0.3 is 0 Å². The molecule has 1 N–H and O–H groups in total. The van der Waals surface area contributed by atoms with E-state index in [0.29, 0.717) is 0 Å².